The molecule has 0 aliphatic carbocycles. The Kier molecular flexibility index (Phi) is 16.1. The lowest BCUT2D eigenvalue weighted by atomic mass is 10.0. The largest absolute Gasteiger partial charge is 0.457 e. The molecule has 0 aliphatic heterocycles. The van der Waals surface area contributed by atoms with Crippen LogP contribution in [0.5, 0.6) is 0 Å². The number of ether oxygens (including phenoxy) is 2. The molecule has 4 aromatic carbocycles. The standard InChI is InChI=1S/C51H45N7O10/c1-30(59)52-45-24-37(25-46(57-45)53-31(2)60)28-67-50(65)41-17-11-36(12-18-41)23-44(63)39-13-7-34(8-14-39)5-6-35-9-15-40(16-10-35)49(64)56-43-21-19-42(20-22-43)51(66)68-29-38-26-47(54-32(3)61)58-48(27-38)55-33(4)62/h5-22,24-27H,23,28-29H2,1-4H3,(H,56,64)(H2,52,53,57,59,60)(H2,54,55,58,61,62)/b6-5+. The van der Waals surface area contributed by atoms with Crippen molar-refractivity contribution < 1.29 is 47.8 Å². The van der Waals surface area contributed by atoms with Crippen molar-refractivity contribution in [2.45, 2.75) is 47.3 Å². The maximum atomic E-state index is 13.1. The number of nitrogens with one attached hydrogen (secondary N) is 5. The second-order valence-electron chi connectivity index (χ2n) is 15.3. The van der Waals surface area contributed by atoms with E-state index in [0.717, 1.165) is 11.1 Å². The third-order valence-electron chi connectivity index (χ3n) is 9.53. The number of Topliss-reactive ketones (excluding diaryl/α,β-unsaturated/α-hetero) is 1. The number of pyridine rings is 2. The highest BCUT2D eigenvalue weighted by Gasteiger charge is 2.15. The van der Waals surface area contributed by atoms with Gasteiger partial charge in [-0.1, -0.05) is 60.7 Å². The number of ketones is 1. The van der Waals surface area contributed by atoms with Crippen LogP contribution in [0.4, 0.5) is 29.0 Å². The number of carbonyl (C=O) groups excluding carboxylic acids is 8. The Hall–Kier alpha value is -9.12. The van der Waals surface area contributed by atoms with Crippen LogP contribution in [0.2, 0.25) is 0 Å². The molecule has 5 N–H and O–H groups in total. The molecule has 0 aliphatic rings. The van der Waals surface area contributed by atoms with E-state index >= 15 is 0 Å². The fourth-order valence-corrected chi connectivity index (χ4v) is 6.44. The van der Waals surface area contributed by atoms with Crippen molar-refractivity contribution in [3.63, 3.8) is 0 Å². The number of hydrogen-bond acceptors (Lipinski definition) is 12. The molecule has 0 fully saturated rings. The van der Waals surface area contributed by atoms with Crippen LogP contribution in [0, 0.1) is 0 Å². The number of hydrogen-bond donors (Lipinski definition) is 5. The van der Waals surface area contributed by atoms with Gasteiger partial charge < -0.3 is 36.1 Å². The SMILES string of the molecule is CC(=O)Nc1cc(COC(=O)c2ccc(CC(=O)c3ccc(/C=C/c4ccc(C(=O)Nc5ccc(C(=O)OCc6cc(NC(C)=O)nc(NC(C)=O)c6)cc5)cc4)cc3)cc2)cc(NC(C)=O)n1. The molecule has 6 rings (SSSR count). The monoisotopic (exact) mass is 915 g/mol. The van der Waals surface area contributed by atoms with Crippen molar-refractivity contribution >= 4 is 88.4 Å². The second kappa shape index (κ2) is 22.7. The van der Waals surface area contributed by atoms with Gasteiger partial charge in [0.25, 0.3) is 5.91 Å². The Balaban J connectivity index is 0.953. The summed E-state index contributed by atoms with van der Waals surface area (Å²) in [5.74, 6) is -2.35. The molecule has 0 atom stereocenters. The molecule has 5 amide bonds. The van der Waals surface area contributed by atoms with Gasteiger partial charge in [0, 0.05) is 50.9 Å². The molecule has 0 radical (unpaired) electrons. The van der Waals surface area contributed by atoms with E-state index < -0.39 is 11.9 Å². The van der Waals surface area contributed by atoms with Gasteiger partial charge >= 0.3 is 11.9 Å². The van der Waals surface area contributed by atoms with Crippen LogP contribution in [0.1, 0.15) is 96.9 Å². The number of aromatic nitrogens is 2. The van der Waals surface area contributed by atoms with Crippen molar-refractivity contribution in [1.29, 1.82) is 0 Å². The highest BCUT2D eigenvalue weighted by molar-refractivity contribution is 6.05. The summed E-state index contributed by atoms with van der Waals surface area (Å²) < 4.78 is 10.9. The van der Waals surface area contributed by atoms with E-state index in [1.54, 1.807) is 72.8 Å². The maximum absolute atomic E-state index is 13.1. The summed E-state index contributed by atoms with van der Waals surface area (Å²) in [6, 6.07) is 32.9. The lowest BCUT2D eigenvalue weighted by molar-refractivity contribution is -0.115. The van der Waals surface area contributed by atoms with Crippen molar-refractivity contribution in [1.82, 2.24) is 9.97 Å². The maximum Gasteiger partial charge on any atom is 0.338 e. The minimum Gasteiger partial charge on any atom is -0.457 e. The van der Waals surface area contributed by atoms with Crippen LogP contribution < -0.4 is 26.6 Å². The minimum absolute atomic E-state index is 0.108. The van der Waals surface area contributed by atoms with E-state index in [4.69, 9.17) is 9.47 Å². The van der Waals surface area contributed by atoms with Crippen molar-refractivity contribution in [3.05, 3.63) is 171 Å². The molecule has 344 valence electrons. The van der Waals surface area contributed by atoms with Crippen LogP contribution in [-0.2, 0) is 48.3 Å². The van der Waals surface area contributed by atoms with E-state index in [1.165, 1.54) is 64.1 Å². The lowest BCUT2D eigenvalue weighted by Crippen LogP contribution is -2.13. The topological polar surface area (TPSA) is 241 Å². The summed E-state index contributed by atoms with van der Waals surface area (Å²) in [5.41, 5.74) is 5.29. The first-order chi connectivity index (χ1) is 32.5. The fraction of sp³-hybridized carbons (Fsp3) is 0.137. The molecular formula is C51H45N7O10. The number of benzene rings is 4. The Morgan fingerprint density at radius 3 is 1.16 bits per heavy atom. The average Bonchev–Trinajstić information content (AvgIpc) is 3.29. The third kappa shape index (κ3) is 14.7. The molecule has 68 heavy (non-hydrogen) atoms. The van der Waals surface area contributed by atoms with Crippen molar-refractivity contribution in [2.24, 2.45) is 0 Å². The molecule has 2 heterocycles. The molecule has 17 heteroatoms. The second-order valence-corrected chi connectivity index (χ2v) is 15.3. The van der Waals surface area contributed by atoms with E-state index in [2.05, 4.69) is 36.6 Å². The van der Waals surface area contributed by atoms with E-state index in [9.17, 15) is 38.4 Å². The summed E-state index contributed by atoms with van der Waals surface area (Å²) in [5, 5.41) is 13.0. The highest BCUT2D eigenvalue weighted by Crippen LogP contribution is 2.20. The summed E-state index contributed by atoms with van der Waals surface area (Å²) in [6.45, 7) is 4.97. The minimum atomic E-state index is -0.625. The zero-order valence-electron chi connectivity index (χ0n) is 37.3. The fourth-order valence-electron chi connectivity index (χ4n) is 6.44. The third-order valence-corrected chi connectivity index (χ3v) is 9.53. The smallest absolute Gasteiger partial charge is 0.338 e. The predicted molar refractivity (Wildman–Crippen MR) is 255 cm³/mol. The Labute approximate surface area is 390 Å². The van der Waals surface area contributed by atoms with Gasteiger partial charge in [-0.15, -0.1) is 0 Å². The number of rotatable bonds is 17. The van der Waals surface area contributed by atoms with Gasteiger partial charge in [-0.2, -0.15) is 0 Å². The number of esters is 2. The predicted octanol–water partition coefficient (Wildman–Crippen LogP) is 7.87. The molecule has 0 saturated carbocycles. The first-order valence-corrected chi connectivity index (χ1v) is 20.9. The summed E-state index contributed by atoms with van der Waals surface area (Å²) in [6.07, 6.45) is 3.88. The number of anilines is 5. The summed E-state index contributed by atoms with van der Waals surface area (Å²) in [4.78, 5) is 106. The number of amides is 5. The molecule has 0 unspecified atom stereocenters. The summed E-state index contributed by atoms with van der Waals surface area (Å²) >= 11 is 0. The van der Waals surface area contributed by atoms with Gasteiger partial charge in [0.1, 0.15) is 36.5 Å². The first kappa shape index (κ1) is 48.3. The van der Waals surface area contributed by atoms with Crippen LogP contribution in [0.15, 0.2) is 121 Å². The molecular weight excluding hydrogens is 871 g/mol. The molecule has 17 nitrogen and oxygen atoms in total. The van der Waals surface area contributed by atoms with Gasteiger partial charge in [0.2, 0.25) is 23.6 Å². The normalized spacial score (nSPS) is 10.6. The van der Waals surface area contributed by atoms with E-state index in [1.807, 2.05) is 24.3 Å². The quantitative estimate of drug-likeness (QED) is 0.0334. The Bertz CT molecular complexity index is 2650. The molecule has 0 spiro atoms. The van der Waals surface area contributed by atoms with Crippen molar-refractivity contribution in [3.8, 4) is 0 Å². The molecule has 6 aromatic rings. The first-order valence-electron chi connectivity index (χ1n) is 20.9. The van der Waals surface area contributed by atoms with Crippen molar-refractivity contribution in [2.75, 3.05) is 26.6 Å². The number of carbonyl (C=O) groups is 8. The number of nitrogens with zero attached hydrogens (tertiary/aromatic N) is 2. The van der Waals surface area contributed by atoms with E-state index in [-0.39, 0.29) is 89.4 Å². The summed E-state index contributed by atoms with van der Waals surface area (Å²) in [7, 11) is 0. The van der Waals surface area contributed by atoms with Gasteiger partial charge in [0.05, 0.1) is 11.1 Å². The molecule has 0 bridgehead atoms. The molecule has 0 saturated heterocycles. The van der Waals surface area contributed by atoms with Crippen LogP contribution in [0.3, 0.4) is 0 Å². The van der Waals surface area contributed by atoms with Gasteiger partial charge in [0.15, 0.2) is 5.78 Å². The highest BCUT2D eigenvalue weighted by atomic mass is 16.5. The van der Waals surface area contributed by atoms with Gasteiger partial charge in [-0.05, 0) is 101 Å². The van der Waals surface area contributed by atoms with Crippen LogP contribution in [0.25, 0.3) is 12.2 Å². The average molecular weight is 916 g/mol. The van der Waals surface area contributed by atoms with Gasteiger partial charge in [-0.3, -0.25) is 28.8 Å². The zero-order chi connectivity index (χ0) is 48.7. The van der Waals surface area contributed by atoms with Crippen LogP contribution >= 0.6 is 0 Å². The van der Waals surface area contributed by atoms with E-state index in [0.29, 0.717) is 33.5 Å². The lowest BCUT2D eigenvalue weighted by Gasteiger charge is -2.11. The van der Waals surface area contributed by atoms with Gasteiger partial charge in [-0.25, -0.2) is 19.6 Å². The Morgan fingerprint density at radius 1 is 0.426 bits per heavy atom. The molecule has 2 aromatic heterocycles. The zero-order valence-corrected chi connectivity index (χ0v) is 37.3. The Morgan fingerprint density at radius 2 is 0.779 bits per heavy atom. The van der Waals surface area contributed by atoms with Crippen LogP contribution in [-0.4, -0.2) is 57.2 Å².